The Morgan fingerprint density at radius 3 is 2.68 bits per heavy atom. The van der Waals surface area contributed by atoms with Gasteiger partial charge in [0.15, 0.2) is 0 Å². The topological polar surface area (TPSA) is 66.4 Å². The van der Waals surface area contributed by atoms with Crippen molar-refractivity contribution < 1.29 is 13.5 Å². The van der Waals surface area contributed by atoms with Crippen LogP contribution in [0.4, 0.5) is 0 Å². The van der Waals surface area contributed by atoms with Crippen LogP contribution >= 0.6 is 27.3 Å². The number of hydrogen-bond donors (Lipinski definition) is 2. The van der Waals surface area contributed by atoms with Gasteiger partial charge in [0.2, 0.25) is 10.0 Å². The summed E-state index contributed by atoms with van der Waals surface area (Å²) in [6.07, 6.45) is 0. The normalized spacial score (nSPS) is 11.7. The molecule has 0 atom stereocenters. The summed E-state index contributed by atoms with van der Waals surface area (Å²) in [6, 6.07) is 8.90. The van der Waals surface area contributed by atoms with Gasteiger partial charge in [-0.15, -0.1) is 11.3 Å². The van der Waals surface area contributed by atoms with Crippen LogP contribution in [0.3, 0.4) is 0 Å². The van der Waals surface area contributed by atoms with Gasteiger partial charge in [0, 0.05) is 15.9 Å². The number of thiophene rings is 1. The Balaban J connectivity index is 2.17. The second-order valence-electron chi connectivity index (χ2n) is 3.78. The Labute approximate surface area is 124 Å². The van der Waals surface area contributed by atoms with Crippen LogP contribution < -0.4 is 4.72 Å². The van der Waals surface area contributed by atoms with Gasteiger partial charge in [-0.25, -0.2) is 13.1 Å². The molecule has 2 rings (SSSR count). The van der Waals surface area contributed by atoms with Crippen molar-refractivity contribution in [2.75, 3.05) is 0 Å². The van der Waals surface area contributed by atoms with Crippen molar-refractivity contribution in [1.29, 1.82) is 0 Å². The highest BCUT2D eigenvalue weighted by atomic mass is 79.9. The van der Waals surface area contributed by atoms with Crippen molar-refractivity contribution in [3.8, 4) is 0 Å². The number of aliphatic hydroxyl groups excluding tert-OH is 1. The van der Waals surface area contributed by atoms with Crippen molar-refractivity contribution in [2.24, 2.45) is 0 Å². The molecule has 0 fully saturated rings. The second-order valence-corrected chi connectivity index (χ2v) is 7.37. The molecular formula is C12H12BrNO3S2. The molecule has 2 N–H and O–H groups in total. The van der Waals surface area contributed by atoms with E-state index in [1.807, 2.05) is 24.3 Å². The number of sulfonamides is 1. The molecule has 0 aliphatic heterocycles. The van der Waals surface area contributed by atoms with Crippen LogP contribution in [-0.4, -0.2) is 13.5 Å². The van der Waals surface area contributed by atoms with Crippen molar-refractivity contribution >= 4 is 37.3 Å². The number of rotatable bonds is 5. The van der Waals surface area contributed by atoms with E-state index in [1.165, 1.54) is 17.4 Å². The first-order valence-corrected chi connectivity index (χ1v) is 8.60. The molecule has 7 heteroatoms. The molecule has 0 amide bonds. The average molecular weight is 362 g/mol. The molecule has 0 aliphatic rings. The van der Waals surface area contributed by atoms with E-state index in [0.29, 0.717) is 4.88 Å². The molecule has 19 heavy (non-hydrogen) atoms. The fourth-order valence-corrected chi connectivity index (χ4v) is 4.30. The van der Waals surface area contributed by atoms with E-state index in [9.17, 15) is 8.42 Å². The highest BCUT2D eigenvalue weighted by molar-refractivity contribution is 9.10. The number of hydrogen-bond acceptors (Lipinski definition) is 4. The van der Waals surface area contributed by atoms with E-state index in [-0.39, 0.29) is 18.0 Å². The smallest absolute Gasteiger partial charge is 0.242 e. The fraction of sp³-hybridized carbons (Fsp3) is 0.167. The predicted molar refractivity (Wildman–Crippen MR) is 78.4 cm³/mol. The first kappa shape index (κ1) is 14.7. The average Bonchev–Trinajstić information content (AvgIpc) is 2.87. The maximum Gasteiger partial charge on any atom is 0.242 e. The summed E-state index contributed by atoms with van der Waals surface area (Å²) >= 11 is 4.59. The van der Waals surface area contributed by atoms with Gasteiger partial charge in [-0.2, -0.15) is 0 Å². The van der Waals surface area contributed by atoms with Crippen LogP contribution in [0.2, 0.25) is 0 Å². The maximum atomic E-state index is 12.1. The lowest BCUT2D eigenvalue weighted by Gasteiger charge is -2.08. The highest BCUT2D eigenvalue weighted by Crippen LogP contribution is 2.22. The standard InChI is InChI=1S/C12H12BrNO3S2/c13-10-4-2-1-3-9(10)7-14-19(16,17)12-5-6-18-11(12)8-15/h1-6,14-15H,7-8H2. The third kappa shape index (κ3) is 3.43. The van der Waals surface area contributed by atoms with Crippen LogP contribution in [-0.2, 0) is 23.2 Å². The fourth-order valence-electron chi connectivity index (χ4n) is 1.58. The summed E-state index contributed by atoms with van der Waals surface area (Å²) in [5, 5.41) is 10.8. The van der Waals surface area contributed by atoms with Crippen molar-refractivity contribution in [3.05, 3.63) is 50.6 Å². The summed E-state index contributed by atoms with van der Waals surface area (Å²) < 4.78 is 27.6. The minimum absolute atomic E-state index is 0.145. The molecular weight excluding hydrogens is 350 g/mol. The summed E-state index contributed by atoms with van der Waals surface area (Å²) in [4.78, 5) is 0.590. The third-order valence-corrected chi connectivity index (χ3v) is 5.84. The number of nitrogens with one attached hydrogen (secondary N) is 1. The molecule has 1 heterocycles. The Hall–Kier alpha value is -0.730. The Kier molecular flexibility index (Phi) is 4.75. The lowest BCUT2D eigenvalue weighted by molar-refractivity contribution is 0.282. The predicted octanol–water partition coefficient (Wildman–Crippen LogP) is 2.48. The maximum absolute atomic E-state index is 12.1. The van der Waals surface area contributed by atoms with Crippen LogP contribution in [0.25, 0.3) is 0 Å². The minimum Gasteiger partial charge on any atom is -0.391 e. The minimum atomic E-state index is -3.60. The molecule has 102 valence electrons. The quantitative estimate of drug-likeness (QED) is 0.859. The monoisotopic (exact) mass is 361 g/mol. The lowest BCUT2D eigenvalue weighted by Crippen LogP contribution is -2.23. The molecule has 1 aromatic carbocycles. The summed E-state index contributed by atoms with van der Waals surface area (Å²) in [7, 11) is -3.60. The second kappa shape index (κ2) is 6.15. The van der Waals surface area contributed by atoms with E-state index in [0.717, 1.165) is 10.0 Å². The molecule has 1 aromatic heterocycles. The Morgan fingerprint density at radius 2 is 2.00 bits per heavy atom. The number of halogens is 1. The zero-order valence-electron chi connectivity index (χ0n) is 9.84. The van der Waals surface area contributed by atoms with Gasteiger partial charge in [-0.3, -0.25) is 0 Å². The van der Waals surface area contributed by atoms with Gasteiger partial charge in [0.05, 0.1) is 11.5 Å². The molecule has 0 spiro atoms. The van der Waals surface area contributed by atoms with Crippen molar-refractivity contribution in [1.82, 2.24) is 4.72 Å². The molecule has 0 saturated carbocycles. The van der Waals surface area contributed by atoms with Crippen LogP contribution in [0.1, 0.15) is 10.4 Å². The zero-order chi connectivity index (χ0) is 13.9. The summed E-state index contributed by atoms with van der Waals surface area (Å²) in [6.45, 7) is -0.0760. The van der Waals surface area contributed by atoms with Crippen molar-refractivity contribution in [2.45, 2.75) is 18.0 Å². The molecule has 0 aliphatic carbocycles. The summed E-state index contributed by atoms with van der Waals surface area (Å²) in [5.74, 6) is 0. The van der Waals surface area contributed by atoms with E-state index in [4.69, 9.17) is 5.11 Å². The molecule has 0 saturated heterocycles. The van der Waals surface area contributed by atoms with Crippen LogP contribution in [0.5, 0.6) is 0 Å². The van der Waals surface area contributed by atoms with E-state index < -0.39 is 10.0 Å². The van der Waals surface area contributed by atoms with Crippen molar-refractivity contribution in [3.63, 3.8) is 0 Å². The van der Waals surface area contributed by atoms with Gasteiger partial charge < -0.3 is 5.11 Å². The summed E-state index contributed by atoms with van der Waals surface area (Å²) in [5.41, 5.74) is 0.854. The van der Waals surface area contributed by atoms with Gasteiger partial charge >= 0.3 is 0 Å². The Bertz CT molecular complexity index is 667. The van der Waals surface area contributed by atoms with Gasteiger partial charge in [0.1, 0.15) is 0 Å². The molecule has 4 nitrogen and oxygen atoms in total. The lowest BCUT2D eigenvalue weighted by atomic mass is 10.2. The zero-order valence-corrected chi connectivity index (χ0v) is 13.1. The molecule has 2 aromatic rings. The number of aliphatic hydroxyl groups is 1. The molecule has 0 bridgehead atoms. The Morgan fingerprint density at radius 1 is 1.26 bits per heavy atom. The van der Waals surface area contributed by atoms with Crippen LogP contribution in [0.15, 0.2) is 45.1 Å². The molecule has 0 radical (unpaired) electrons. The highest BCUT2D eigenvalue weighted by Gasteiger charge is 2.19. The molecule has 0 unspecified atom stereocenters. The number of benzene rings is 1. The SMILES string of the molecule is O=S(=O)(NCc1ccccc1Br)c1ccsc1CO. The van der Waals surface area contributed by atoms with Gasteiger partial charge in [-0.05, 0) is 23.1 Å². The third-order valence-electron chi connectivity index (χ3n) is 2.55. The van der Waals surface area contributed by atoms with E-state index >= 15 is 0 Å². The largest absolute Gasteiger partial charge is 0.391 e. The van der Waals surface area contributed by atoms with E-state index in [2.05, 4.69) is 20.7 Å². The first-order valence-electron chi connectivity index (χ1n) is 5.45. The van der Waals surface area contributed by atoms with E-state index in [1.54, 1.807) is 5.38 Å². The van der Waals surface area contributed by atoms with Crippen LogP contribution in [0, 0.1) is 0 Å². The first-order chi connectivity index (χ1) is 9.04. The van der Waals surface area contributed by atoms with Gasteiger partial charge in [-0.1, -0.05) is 34.1 Å². The van der Waals surface area contributed by atoms with Gasteiger partial charge in [0.25, 0.3) is 0 Å².